The fraction of sp³-hybridized carbons (Fsp3) is 0.292. The van der Waals surface area contributed by atoms with Crippen LogP contribution in [0.3, 0.4) is 0 Å². The molecule has 1 fully saturated rings. The SMILES string of the molecule is O=C(NC1CCN(CCc2ccccc2)CC1)c1occc1-c1ccccc1. The molecule has 2 aromatic carbocycles. The van der Waals surface area contributed by atoms with Crippen molar-refractivity contribution in [3.63, 3.8) is 0 Å². The van der Waals surface area contributed by atoms with E-state index in [9.17, 15) is 4.79 Å². The summed E-state index contributed by atoms with van der Waals surface area (Å²) in [6.45, 7) is 3.10. The average Bonchev–Trinajstić information content (AvgIpc) is 3.25. The van der Waals surface area contributed by atoms with Gasteiger partial charge in [-0.25, -0.2) is 0 Å². The summed E-state index contributed by atoms with van der Waals surface area (Å²) < 4.78 is 5.51. The number of carbonyl (C=O) groups is 1. The Bertz CT molecular complexity index is 881. The molecule has 1 aliphatic rings. The molecule has 4 rings (SSSR count). The lowest BCUT2D eigenvalue weighted by Crippen LogP contribution is -2.45. The predicted octanol–water partition coefficient (Wildman–Crippen LogP) is 4.38. The number of piperidine rings is 1. The van der Waals surface area contributed by atoms with Crippen LogP contribution < -0.4 is 5.32 Å². The minimum absolute atomic E-state index is 0.119. The first kappa shape index (κ1) is 18.5. The van der Waals surface area contributed by atoms with E-state index in [1.807, 2.05) is 36.4 Å². The van der Waals surface area contributed by atoms with Gasteiger partial charge < -0.3 is 14.6 Å². The molecule has 0 aliphatic carbocycles. The minimum Gasteiger partial charge on any atom is -0.459 e. The van der Waals surface area contributed by atoms with Crippen LogP contribution in [-0.4, -0.2) is 36.5 Å². The van der Waals surface area contributed by atoms with Crippen LogP contribution in [0.5, 0.6) is 0 Å². The van der Waals surface area contributed by atoms with Crippen molar-refractivity contribution >= 4 is 5.91 Å². The molecule has 0 unspecified atom stereocenters. The second kappa shape index (κ2) is 8.89. The summed E-state index contributed by atoms with van der Waals surface area (Å²) in [6.07, 6.45) is 4.61. The molecule has 1 aliphatic heterocycles. The number of nitrogens with zero attached hydrogens (tertiary/aromatic N) is 1. The van der Waals surface area contributed by atoms with Gasteiger partial charge in [0.25, 0.3) is 5.91 Å². The Kier molecular flexibility index (Phi) is 5.88. The Hall–Kier alpha value is -2.85. The number of amides is 1. The van der Waals surface area contributed by atoms with E-state index in [0.717, 1.165) is 50.0 Å². The average molecular weight is 374 g/mol. The predicted molar refractivity (Wildman–Crippen MR) is 111 cm³/mol. The molecule has 4 heteroatoms. The monoisotopic (exact) mass is 374 g/mol. The molecule has 0 radical (unpaired) electrons. The number of hydrogen-bond donors (Lipinski definition) is 1. The maximum Gasteiger partial charge on any atom is 0.287 e. The van der Waals surface area contributed by atoms with Crippen LogP contribution in [0.2, 0.25) is 0 Å². The van der Waals surface area contributed by atoms with Gasteiger partial charge in [-0.1, -0.05) is 60.7 Å². The van der Waals surface area contributed by atoms with E-state index in [4.69, 9.17) is 4.42 Å². The van der Waals surface area contributed by atoms with Crippen molar-refractivity contribution < 1.29 is 9.21 Å². The zero-order valence-electron chi connectivity index (χ0n) is 16.0. The molecule has 0 saturated carbocycles. The van der Waals surface area contributed by atoms with Crippen molar-refractivity contribution in [2.45, 2.75) is 25.3 Å². The first-order valence-corrected chi connectivity index (χ1v) is 9.99. The van der Waals surface area contributed by atoms with E-state index in [2.05, 4.69) is 40.5 Å². The molecule has 1 N–H and O–H groups in total. The summed E-state index contributed by atoms with van der Waals surface area (Å²) in [7, 11) is 0. The fourth-order valence-corrected chi connectivity index (χ4v) is 3.81. The van der Waals surface area contributed by atoms with Crippen LogP contribution in [0.25, 0.3) is 11.1 Å². The van der Waals surface area contributed by atoms with Crippen molar-refractivity contribution in [1.82, 2.24) is 10.2 Å². The van der Waals surface area contributed by atoms with Gasteiger partial charge >= 0.3 is 0 Å². The van der Waals surface area contributed by atoms with Gasteiger partial charge in [-0.05, 0) is 36.5 Å². The van der Waals surface area contributed by atoms with Gasteiger partial charge in [0.2, 0.25) is 0 Å². The summed E-state index contributed by atoms with van der Waals surface area (Å²) in [5, 5.41) is 3.17. The van der Waals surface area contributed by atoms with Crippen molar-refractivity contribution in [3.05, 3.63) is 84.3 Å². The molecular weight excluding hydrogens is 348 g/mol. The number of carbonyl (C=O) groups excluding carboxylic acids is 1. The maximum atomic E-state index is 12.7. The fourth-order valence-electron chi connectivity index (χ4n) is 3.81. The Balaban J connectivity index is 1.28. The quantitative estimate of drug-likeness (QED) is 0.696. The van der Waals surface area contributed by atoms with E-state index in [0.29, 0.717) is 5.76 Å². The maximum absolute atomic E-state index is 12.7. The number of benzene rings is 2. The molecule has 144 valence electrons. The van der Waals surface area contributed by atoms with Gasteiger partial charge in [0, 0.05) is 31.2 Å². The standard InChI is InChI=1S/C24H26N2O2/c27-24(23-22(14-18-28-23)20-9-5-2-6-10-20)25-21-12-16-26(17-13-21)15-11-19-7-3-1-4-8-19/h1-10,14,18,21H,11-13,15-17H2,(H,25,27). The molecule has 4 nitrogen and oxygen atoms in total. The van der Waals surface area contributed by atoms with Crippen LogP contribution in [0.15, 0.2) is 77.4 Å². The normalized spacial score (nSPS) is 15.4. The van der Waals surface area contributed by atoms with Crippen LogP contribution in [0.4, 0.5) is 0 Å². The molecule has 28 heavy (non-hydrogen) atoms. The zero-order chi connectivity index (χ0) is 19.2. The number of rotatable bonds is 6. The summed E-state index contributed by atoms with van der Waals surface area (Å²) >= 11 is 0. The Morgan fingerprint density at radius 3 is 2.36 bits per heavy atom. The summed E-state index contributed by atoms with van der Waals surface area (Å²) in [4.78, 5) is 15.2. The second-order valence-corrected chi connectivity index (χ2v) is 7.35. The molecular formula is C24H26N2O2. The van der Waals surface area contributed by atoms with Gasteiger partial charge in [-0.2, -0.15) is 0 Å². The van der Waals surface area contributed by atoms with Gasteiger partial charge in [0.1, 0.15) is 0 Å². The first-order valence-electron chi connectivity index (χ1n) is 9.99. The molecule has 1 amide bonds. The van der Waals surface area contributed by atoms with Gasteiger partial charge in [0.05, 0.1) is 6.26 Å². The van der Waals surface area contributed by atoms with Crippen molar-refractivity contribution in [2.24, 2.45) is 0 Å². The third kappa shape index (κ3) is 4.52. The van der Waals surface area contributed by atoms with Crippen LogP contribution in [-0.2, 0) is 6.42 Å². The van der Waals surface area contributed by atoms with E-state index in [1.165, 1.54) is 5.56 Å². The van der Waals surface area contributed by atoms with Crippen LogP contribution in [0.1, 0.15) is 29.0 Å². The Morgan fingerprint density at radius 1 is 0.964 bits per heavy atom. The van der Waals surface area contributed by atoms with Crippen LogP contribution in [0, 0.1) is 0 Å². The summed E-state index contributed by atoms with van der Waals surface area (Å²) in [5.41, 5.74) is 3.22. The van der Waals surface area contributed by atoms with Crippen LogP contribution >= 0.6 is 0 Å². The lowest BCUT2D eigenvalue weighted by atomic mass is 10.0. The number of likely N-dealkylation sites (tertiary alicyclic amines) is 1. The zero-order valence-corrected chi connectivity index (χ0v) is 16.0. The van der Waals surface area contributed by atoms with E-state index >= 15 is 0 Å². The van der Waals surface area contributed by atoms with E-state index in [-0.39, 0.29) is 11.9 Å². The Morgan fingerprint density at radius 2 is 1.64 bits per heavy atom. The van der Waals surface area contributed by atoms with Gasteiger partial charge in [0.15, 0.2) is 5.76 Å². The lowest BCUT2D eigenvalue weighted by Gasteiger charge is -2.32. The molecule has 0 spiro atoms. The highest BCUT2D eigenvalue weighted by molar-refractivity contribution is 5.98. The highest BCUT2D eigenvalue weighted by Gasteiger charge is 2.23. The lowest BCUT2D eigenvalue weighted by molar-refractivity contribution is 0.0884. The third-order valence-electron chi connectivity index (χ3n) is 5.44. The summed E-state index contributed by atoms with van der Waals surface area (Å²) in [5.74, 6) is 0.282. The molecule has 0 atom stereocenters. The minimum atomic E-state index is -0.119. The van der Waals surface area contributed by atoms with Crippen molar-refractivity contribution in [3.8, 4) is 11.1 Å². The third-order valence-corrected chi connectivity index (χ3v) is 5.44. The number of hydrogen-bond acceptors (Lipinski definition) is 3. The van der Waals surface area contributed by atoms with E-state index in [1.54, 1.807) is 6.26 Å². The van der Waals surface area contributed by atoms with E-state index < -0.39 is 0 Å². The summed E-state index contributed by atoms with van der Waals surface area (Å²) in [6, 6.07) is 22.6. The van der Waals surface area contributed by atoms with Crippen molar-refractivity contribution in [1.29, 1.82) is 0 Å². The number of nitrogens with one attached hydrogen (secondary N) is 1. The molecule has 2 heterocycles. The van der Waals surface area contributed by atoms with Gasteiger partial charge in [-0.15, -0.1) is 0 Å². The molecule has 3 aromatic rings. The first-order chi connectivity index (χ1) is 13.8. The topological polar surface area (TPSA) is 45.5 Å². The highest BCUT2D eigenvalue weighted by atomic mass is 16.3. The Labute approximate surface area is 166 Å². The largest absolute Gasteiger partial charge is 0.459 e. The highest BCUT2D eigenvalue weighted by Crippen LogP contribution is 2.25. The second-order valence-electron chi connectivity index (χ2n) is 7.35. The van der Waals surface area contributed by atoms with Gasteiger partial charge in [-0.3, -0.25) is 4.79 Å². The molecule has 0 bridgehead atoms. The number of furan rings is 1. The smallest absolute Gasteiger partial charge is 0.287 e. The van der Waals surface area contributed by atoms with Crippen molar-refractivity contribution in [2.75, 3.05) is 19.6 Å². The molecule has 1 saturated heterocycles. The molecule has 1 aromatic heterocycles.